The topological polar surface area (TPSA) is 50.4 Å². The lowest BCUT2D eigenvalue weighted by molar-refractivity contribution is 0.185. The number of rotatable bonds is 8. The van der Waals surface area contributed by atoms with Gasteiger partial charge < -0.3 is 15.4 Å². The first kappa shape index (κ1) is 19.6. The fourth-order valence-corrected chi connectivity index (χ4v) is 3.18. The highest BCUT2D eigenvalue weighted by Crippen LogP contribution is 2.18. The van der Waals surface area contributed by atoms with Gasteiger partial charge in [0, 0.05) is 13.7 Å². The van der Waals surface area contributed by atoms with Gasteiger partial charge in [0.1, 0.15) is 0 Å². The minimum Gasteiger partial charge on any atom is -0.380 e. The maximum absolute atomic E-state index is 12.6. The van der Waals surface area contributed by atoms with Crippen LogP contribution in [0.15, 0.2) is 84.9 Å². The van der Waals surface area contributed by atoms with Crippen LogP contribution >= 0.6 is 0 Å². The number of ether oxygens (including phenoxy) is 1. The average molecular weight is 374 g/mol. The first-order valence-electron chi connectivity index (χ1n) is 9.44. The highest BCUT2D eigenvalue weighted by atomic mass is 16.5. The summed E-state index contributed by atoms with van der Waals surface area (Å²) in [5.41, 5.74) is 4.41. The Morgan fingerprint density at radius 2 is 1.50 bits per heavy atom. The molecule has 0 aliphatic heterocycles. The molecule has 1 unspecified atom stereocenters. The van der Waals surface area contributed by atoms with E-state index in [9.17, 15) is 4.79 Å². The van der Waals surface area contributed by atoms with Gasteiger partial charge in [-0.15, -0.1) is 0 Å². The summed E-state index contributed by atoms with van der Waals surface area (Å²) >= 11 is 0. The first-order chi connectivity index (χ1) is 13.7. The molecule has 0 fully saturated rings. The second kappa shape index (κ2) is 10.3. The number of hydrogen-bond donors (Lipinski definition) is 2. The van der Waals surface area contributed by atoms with Crippen LogP contribution in [0.25, 0.3) is 0 Å². The van der Waals surface area contributed by atoms with Gasteiger partial charge in [-0.1, -0.05) is 84.9 Å². The van der Waals surface area contributed by atoms with Gasteiger partial charge in [0.2, 0.25) is 0 Å². The van der Waals surface area contributed by atoms with Gasteiger partial charge in [0.05, 0.1) is 12.6 Å². The van der Waals surface area contributed by atoms with Gasteiger partial charge in [0.15, 0.2) is 0 Å². The molecule has 0 heterocycles. The van der Waals surface area contributed by atoms with Crippen molar-refractivity contribution in [3.63, 3.8) is 0 Å². The molecule has 0 aromatic heterocycles. The summed E-state index contributed by atoms with van der Waals surface area (Å²) in [5.74, 6) is 0. The molecule has 2 amide bonds. The van der Waals surface area contributed by atoms with E-state index in [4.69, 9.17) is 4.74 Å². The number of urea groups is 1. The van der Waals surface area contributed by atoms with Crippen molar-refractivity contribution in [1.82, 2.24) is 10.6 Å². The molecule has 3 rings (SSSR count). The number of methoxy groups -OCH3 is 1. The van der Waals surface area contributed by atoms with E-state index >= 15 is 0 Å². The number of amides is 2. The van der Waals surface area contributed by atoms with E-state index in [-0.39, 0.29) is 12.1 Å². The van der Waals surface area contributed by atoms with Crippen LogP contribution in [-0.4, -0.2) is 13.1 Å². The molecule has 0 spiro atoms. The molecule has 0 radical (unpaired) electrons. The zero-order valence-corrected chi connectivity index (χ0v) is 16.1. The van der Waals surface area contributed by atoms with Crippen molar-refractivity contribution in [3.8, 4) is 0 Å². The normalized spacial score (nSPS) is 11.6. The quantitative estimate of drug-likeness (QED) is 0.605. The van der Waals surface area contributed by atoms with Crippen molar-refractivity contribution < 1.29 is 9.53 Å². The van der Waals surface area contributed by atoms with Gasteiger partial charge in [-0.25, -0.2) is 4.79 Å². The average Bonchev–Trinajstić information content (AvgIpc) is 2.74. The number of nitrogens with one attached hydrogen (secondary N) is 2. The van der Waals surface area contributed by atoms with Crippen molar-refractivity contribution in [2.75, 3.05) is 7.11 Å². The highest BCUT2D eigenvalue weighted by Gasteiger charge is 2.15. The van der Waals surface area contributed by atoms with Crippen molar-refractivity contribution in [2.24, 2.45) is 0 Å². The molecule has 0 saturated carbocycles. The predicted molar refractivity (Wildman–Crippen MR) is 112 cm³/mol. The fraction of sp³-hybridized carbons (Fsp3) is 0.208. The lowest BCUT2D eigenvalue weighted by Gasteiger charge is -2.20. The summed E-state index contributed by atoms with van der Waals surface area (Å²) in [6.07, 6.45) is 0.738. The van der Waals surface area contributed by atoms with E-state index in [1.165, 1.54) is 5.56 Å². The molecule has 3 aromatic rings. The molecule has 0 saturated heterocycles. The molecule has 4 heteroatoms. The number of carbonyl (C=O) groups is 1. The van der Waals surface area contributed by atoms with Crippen LogP contribution in [0.5, 0.6) is 0 Å². The van der Waals surface area contributed by atoms with E-state index in [1.54, 1.807) is 7.11 Å². The van der Waals surface area contributed by atoms with Crippen molar-refractivity contribution in [2.45, 2.75) is 25.6 Å². The molecule has 0 aliphatic rings. The van der Waals surface area contributed by atoms with Gasteiger partial charge in [-0.3, -0.25) is 0 Å². The number of hydrogen-bond acceptors (Lipinski definition) is 2. The summed E-state index contributed by atoms with van der Waals surface area (Å²) in [7, 11) is 1.68. The standard InChI is InChI=1S/C24H26N2O2/c1-28-18-21-12-8-11-20(15-21)17-25-24(27)26-23(22-13-6-3-7-14-22)16-19-9-4-2-5-10-19/h2-15,23H,16-18H2,1H3,(H2,25,26,27). The molecule has 28 heavy (non-hydrogen) atoms. The fourth-order valence-electron chi connectivity index (χ4n) is 3.18. The second-order valence-electron chi connectivity index (χ2n) is 6.73. The third-order valence-corrected chi connectivity index (χ3v) is 4.55. The highest BCUT2D eigenvalue weighted by molar-refractivity contribution is 5.74. The molecule has 2 N–H and O–H groups in total. The van der Waals surface area contributed by atoms with Gasteiger partial charge >= 0.3 is 6.03 Å². The van der Waals surface area contributed by atoms with Crippen LogP contribution in [0.1, 0.15) is 28.3 Å². The van der Waals surface area contributed by atoms with Gasteiger partial charge in [-0.05, 0) is 28.7 Å². The Morgan fingerprint density at radius 1 is 0.857 bits per heavy atom. The van der Waals surface area contributed by atoms with Crippen LogP contribution in [0.2, 0.25) is 0 Å². The summed E-state index contributed by atoms with van der Waals surface area (Å²) in [4.78, 5) is 12.6. The zero-order valence-electron chi connectivity index (χ0n) is 16.1. The van der Waals surface area contributed by atoms with E-state index in [2.05, 4.69) is 22.8 Å². The van der Waals surface area contributed by atoms with Crippen LogP contribution in [-0.2, 0) is 24.3 Å². The smallest absolute Gasteiger partial charge is 0.315 e. The third-order valence-electron chi connectivity index (χ3n) is 4.55. The lowest BCUT2D eigenvalue weighted by Crippen LogP contribution is -2.38. The maximum atomic E-state index is 12.6. The maximum Gasteiger partial charge on any atom is 0.315 e. The molecule has 0 aliphatic carbocycles. The van der Waals surface area contributed by atoms with Crippen LogP contribution in [0.4, 0.5) is 4.79 Å². The molecule has 1 atom stereocenters. The van der Waals surface area contributed by atoms with Crippen LogP contribution in [0.3, 0.4) is 0 Å². The summed E-state index contributed by atoms with van der Waals surface area (Å²) in [5, 5.41) is 6.08. The minimum absolute atomic E-state index is 0.0941. The largest absolute Gasteiger partial charge is 0.380 e. The van der Waals surface area contributed by atoms with Gasteiger partial charge in [-0.2, -0.15) is 0 Å². The predicted octanol–water partition coefficient (Wildman–Crippen LogP) is 4.62. The summed E-state index contributed by atoms with van der Waals surface area (Å²) < 4.78 is 5.17. The SMILES string of the molecule is COCc1cccc(CNC(=O)NC(Cc2ccccc2)c2ccccc2)c1. The number of benzene rings is 3. The zero-order chi connectivity index (χ0) is 19.6. The Bertz CT molecular complexity index is 866. The molecular formula is C24H26N2O2. The molecular weight excluding hydrogens is 348 g/mol. The third kappa shape index (κ3) is 5.96. The van der Waals surface area contributed by atoms with E-state index in [1.807, 2.05) is 72.8 Å². The second-order valence-corrected chi connectivity index (χ2v) is 6.73. The Balaban J connectivity index is 1.63. The Kier molecular flexibility index (Phi) is 7.21. The molecule has 0 bridgehead atoms. The van der Waals surface area contributed by atoms with Crippen LogP contribution in [0, 0.1) is 0 Å². The molecule has 4 nitrogen and oxygen atoms in total. The van der Waals surface area contributed by atoms with Crippen molar-refractivity contribution in [1.29, 1.82) is 0 Å². The molecule has 3 aromatic carbocycles. The lowest BCUT2D eigenvalue weighted by atomic mass is 9.99. The Hall–Kier alpha value is -3.11. The Morgan fingerprint density at radius 3 is 2.21 bits per heavy atom. The number of carbonyl (C=O) groups excluding carboxylic acids is 1. The van der Waals surface area contributed by atoms with Crippen molar-refractivity contribution in [3.05, 3.63) is 107 Å². The van der Waals surface area contributed by atoms with Gasteiger partial charge in [0.25, 0.3) is 0 Å². The molecule has 144 valence electrons. The summed E-state index contributed by atoms with van der Waals surface area (Å²) in [6.45, 7) is 1.03. The monoisotopic (exact) mass is 374 g/mol. The van der Waals surface area contributed by atoms with E-state index in [0.717, 1.165) is 23.1 Å². The van der Waals surface area contributed by atoms with Crippen molar-refractivity contribution >= 4 is 6.03 Å². The van der Waals surface area contributed by atoms with E-state index in [0.29, 0.717) is 13.2 Å². The first-order valence-corrected chi connectivity index (χ1v) is 9.44. The minimum atomic E-state index is -0.179. The van der Waals surface area contributed by atoms with E-state index < -0.39 is 0 Å². The summed E-state index contributed by atoms with van der Waals surface area (Å²) in [6, 6.07) is 28.0. The Labute approximate surface area is 166 Å². The van der Waals surface area contributed by atoms with Crippen LogP contribution < -0.4 is 10.6 Å².